The van der Waals surface area contributed by atoms with Gasteiger partial charge < -0.3 is 5.11 Å². The molecule has 0 aliphatic heterocycles. The Bertz CT molecular complexity index is 302. The average Bonchev–Trinajstić information content (AvgIpc) is 2.74. The van der Waals surface area contributed by atoms with Gasteiger partial charge in [-0.25, -0.2) is 4.98 Å². The minimum absolute atomic E-state index is 0.219. The summed E-state index contributed by atoms with van der Waals surface area (Å²) >= 11 is 1.81. The van der Waals surface area contributed by atoms with Gasteiger partial charge in [0.15, 0.2) is 0 Å². The lowest BCUT2D eigenvalue weighted by molar-refractivity contribution is 0.299. The standard InChI is InChI=1S/C11H17NOS/c1-8-11(9-4-2-3-5-9)14-10(12-8)6-7-13/h9,13H,2-7H2,1H3. The number of aliphatic hydroxyl groups is 1. The Morgan fingerprint density at radius 3 is 2.79 bits per heavy atom. The molecule has 0 atom stereocenters. The molecule has 1 aromatic rings. The third-order valence-corrected chi connectivity index (χ3v) is 4.31. The molecule has 0 saturated heterocycles. The second kappa shape index (κ2) is 4.41. The third-order valence-electron chi connectivity index (χ3n) is 2.93. The van der Waals surface area contributed by atoms with Crippen LogP contribution in [-0.4, -0.2) is 16.7 Å². The maximum Gasteiger partial charge on any atom is 0.0953 e. The molecule has 1 heterocycles. The fourth-order valence-corrected chi connectivity index (χ4v) is 3.46. The molecule has 1 saturated carbocycles. The maximum atomic E-state index is 8.85. The fraction of sp³-hybridized carbons (Fsp3) is 0.727. The zero-order chi connectivity index (χ0) is 9.97. The van der Waals surface area contributed by atoms with E-state index >= 15 is 0 Å². The summed E-state index contributed by atoms with van der Waals surface area (Å²) in [5.74, 6) is 0.764. The normalized spacial score (nSPS) is 17.9. The molecule has 2 nitrogen and oxygen atoms in total. The van der Waals surface area contributed by atoms with Crippen molar-refractivity contribution in [2.45, 2.75) is 44.9 Å². The number of hydrogen-bond donors (Lipinski definition) is 1. The van der Waals surface area contributed by atoms with E-state index in [1.54, 1.807) is 0 Å². The van der Waals surface area contributed by atoms with Gasteiger partial charge in [-0.2, -0.15) is 0 Å². The van der Waals surface area contributed by atoms with Crippen molar-refractivity contribution in [3.63, 3.8) is 0 Å². The van der Waals surface area contributed by atoms with E-state index in [-0.39, 0.29) is 6.61 Å². The molecule has 1 aromatic heterocycles. The van der Waals surface area contributed by atoms with E-state index in [2.05, 4.69) is 11.9 Å². The molecule has 78 valence electrons. The van der Waals surface area contributed by atoms with Gasteiger partial charge in [-0.3, -0.25) is 0 Å². The highest BCUT2D eigenvalue weighted by Crippen LogP contribution is 2.38. The highest BCUT2D eigenvalue weighted by atomic mass is 32.1. The SMILES string of the molecule is Cc1nc(CCO)sc1C1CCCC1. The number of rotatable bonds is 3. The van der Waals surface area contributed by atoms with Crippen LogP contribution in [0.1, 0.15) is 47.2 Å². The van der Waals surface area contributed by atoms with E-state index < -0.39 is 0 Å². The first-order valence-electron chi connectivity index (χ1n) is 5.38. The van der Waals surface area contributed by atoms with Gasteiger partial charge in [-0.05, 0) is 25.7 Å². The summed E-state index contributed by atoms with van der Waals surface area (Å²) in [5, 5.41) is 9.96. The number of nitrogens with zero attached hydrogens (tertiary/aromatic N) is 1. The lowest BCUT2D eigenvalue weighted by Gasteiger charge is -2.05. The molecule has 0 aromatic carbocycles. The molecular formula is C11H17NOS. The first kappa shape index (κ1) is 10.1. The van der Waals surface area contributed by atoms with E-state index in [4.69, 9.17) is 5.11 Å². The van der Waals surface area contributed by atoms with Crippen molar-refractivity contribution in [2.24, 2.45) is 0 Å². The monoisotopic (exact) mass is 211 g/mol. The number of hydrogen-bond acceptors (Lipinski definition) is 3. The lowest BCUT2D eigenvalue weighted by Crippen LogP contribution is -1.90. The predicted octanol–water partition coefficient (Wildman–Crippen LogP) is 2.64. The number of aliphatic hydroxyl groups excluding tert-OH is 1. The molecule has 0 radical (unpaired) electrons. The van der Waals surface area contributed by atoms with Crippen LogP contribution in [0.25, 0.3) is 0 Å². The lowest BCUT2D eigenvalue weighted by atomic mass is 10.1. The summed E-state index contributed by atoms with van der Waals surface area (Å²) in [6.45, 7) is 2.32. The van der Waals surface area contributed by atoms with Gasteiger partial charge in [0.25, 0.3) is 0 Å². The quantitative estimate of drug-likeness (QED) is 0.833. The molecule has 1 N–H and O–H groups in total. The smallest absolute Gasteiger partial charge is 0.0953 e. The average molecular weight is 211 g/mol. The van der Waals surface area contributed by atoms with Gasteiger partial charge in [0.1, 0.15) is 0 Å². The van der Waals surface area contributed by atoms with Gasteiger partial charge in [0.2, 0.25) is 0 Å². The van der Waals surface area contributed by atoms with Crippen molar-refractivity contribution >= 4 is 11.3 Å². The van der Waals surface area contributed by atoms with Crippen LogP contribution in [0.4, 0.5) is 0 Å². The van der Waals surface area contributed by atoms with E-state index in [1.165, 1.54) is 36.3 Å². The van der Waals surface area contributed by atoms with Crippen molar-refractivity contribution in [3.8, 4) is 0 Å². The van der Waals surface area contributed by atoms with Gasteiger partial charge >= 0.3 is 0 Å². The minimum atomic E-state index is 0.219. The molecule has 0 amide bonds. The minimum Gasteiger partial charge on any atom is -0.396 e. The van der Waals surface area contributed by atoms with Crippen molar-refractivity contribution in [1.29, 1.82) is 0 Å². The maximum absolute atomic E-state index is 8.85. The zero-order valence-electron chi connectivity index (χ0n) is 8.62. The number of aryl methyl sites for hydroxylation is 1. The van der Waals surface area contributed by atoms with Crippen LogP contribution in [0.2, 0.25) is 0 Å². The van der Waals surface area contributed by atoms with Gasteiger partial charge in [0, 0.05) is 17.9 Å². The molecule has 1 fully saturated rings. The van der Waals surface area contributed by atoms with Crippen molar-refractivity contribution < 1.29 is 5.11 Å². The molecular weight excluding hydrogens is 194 g/mol. The Balaban J connectivity index is 2.15. The van der Waals surface area contributed by atoms with Crippen LogP contribution in [0, 0.1) is 6.92 Å². The first-order valence-corrected chi connectivity index (χ1v) is 6.20. The Labute approximate surface area is 89.0 Å². The fourth-order valence-electron chi connectivity index (χ4n) is 2.24. The van der Waals surface area contributed by atoms with Crippen LogP contribution in [0.3, 0.4) is 0 Å². The summed E-state index contributed by atoms with van der Waals surface area (Å²) in [4.78, 5) is 5.98. The van der Waals surface area contributed by atoms with Crippen LogP contribution >= 0.6 is 11.3 Å². The van der Waals surface area contributed by atoms with E-state index in [1.807, 2.05) is 11.3 Å². The Morgan fingerprint density at radius 2 is 2.14 bits per heavy atom. The van der Waals surface area contributed by atoms with E-state index in [0.717, 1.165) is 17.3 Å². The van der Waals surface area contributed by atoms with E-state index in [9.17, 15) is 0 Å². The van der Waals surface area contributed by atoms with Crippen LogP contribution in [0.15, 0.2) is 0 Å². The van der Waals surface area contributed by atoms with E-state index in [0.29, 0.717) is 0 Å². The summed E-state index contributed by atoms with van der Waals surface area (Å²) in [7, 11) is 0. The van der Waals surface area contributed by atoms with Crippen molar-refractivity contribution in [1.82, 2.24) is 4.98 Å². The Hall–Kier alpha value is -0.410. The first-order chi connectivity index (χ1) is 6.81. The highest BCUT2D eigenvalue weighted by molar-refractivity contribution is 7.11. The highest BCUT2D eigenvalue weighted by Gasteiger charge is 2.21. The zero-order valence-corrected chi connectivity index (χ0v) is 9.44. The van der Waals surface area contributed by atoms with Crippen LogP contribution in [0.5, 0.6) is 0 Å². The number of thiazole rings is 1. The van der Waals surface area contributed by atoms with Crippen molar-refractivity contribution in [3.05, 3.63) is 15.6 Å². The molecule has 2 rings (SSSR count). The third kappa shape index (κ3) is 1.98. The molecule has 0 spiro atoms. The summed E-state index contributed by atoms with van der Waals surface area (Å²) in [6.07, 6.45) is 6.14. The topological polar surface area (TPSA) is 33.1 Å². The van der Waals surface area contributed by atoms with Gasteiger partial charge in [-0.15, -0.1) is 11.3 Å². The molecule has 1 aliphatic carbocycles. The van der Waals surface area contributed by atoms with Gasteiger partial charge in [-0.1, -0.05) is 12.8 Å². The molecule has 0 bridgehead atoms. The molecule has 3 heteroatoms. The molecule has 1 aliphatic rings. The molecule has 0 unspecified atom stereocenters. The second-order valence-electron chi connectivity index (χ2n) is 4.01. The summed E-state index contributed by atoms with van der Waals surface area (Å²) in [6, 6.07) is 0. The summed E-state index contributed by atoms with van der Waals surface area (Å²) < 4.78 is 0. The van der Waals surface area contributed by atoms with Crippen molar-refractivity contribution in [2.75, 3.05) is 6.61 Å². The summed E-state index contributed by atoms with van der Waals surface area (Å²) in [5.41, 5.74) is 1.20. The Kier molecular flexibility index (Phi) is 3.19. The van der Waals surface area contributed by atoms with Gasteiger partial charge in [0.05, 0.1) is 10.7 Å². The molecule has 14 heavy (non-hydrogen) atoms. The Morgan fingerprint density at radius 1 is 1.43 bits per heavy atom. The van der Waals surface area contributed by atoms with Crippen LogP contribution < -0.4 is 0 Å². The number of aromatic nitrogens is 1. The largest absolute Gasteiger partial charge is 0.396 e. The predicted molar refractivity (Wildman–Crippen MR) is 58.8 cm³/mol. The second-order valence-corrected chi connectivity index (χ2v) is 5.13. The van der Waals surface area contributed by atoms with Crippen LogP contribution in [-0.2, 0) is 6.42 Å².